The summed E-state index contributed by atoms with van der Waals surface area (Å²) in [5.41, 5.74) is 1.64. The lowest BCUT2D eigenvalue weighted by Gasteiger charge is -2.22. The van der Waals surface area contributed by atoms with Crippen molar-refractivity contribution in [3.05, 3.63) is 59.7 Å². The minimum atomic E-state index is -3.30. The molecule has 180 valence electrons. The summed E-state index contributed by atoms with van der Waals surface area (Å²) >= 11 is 0. The van der Waals surface area contributed by atoms with Gasteiger partial charge in [-0.2, -0.15) is 0 Å². The van der Waals surface area contributed by atoms with Crippen molar-refractivity contribution in [2.45, 2.75) is 50.5 Å². The molecule has 2 rings (SSSR count). The van der Waals surface area contributed by atoms with Crippen molar-refractivity contribution in [3.8, 4) is 5.75 Å². The first-order valence-corrected chi connectivity index (χ1v) is 12.8. The van der Waals surface area contributed by atoms with Gasteiger partial charge in [0, 0.05) is 25.4 Å². The standard InChI is InChI=1S/C25H34N2O5S/c1-18(26-23(28)19-11-13-20(14-12-19)25(2,3)4)24(29)27(5)15-8-16-32-21-9-7-10-22(17-21)33(6,30)31/h7,9-14,17-18H,8,15-16H2,1-6H3,(H,26,28). The quantitative estimate of drug-likeness (QED) is 0.562. The average molecular weight is 475 g/mol. The number of benzene rings is 2. The lowest BCUT2D eigenvalue weighted by Crippen LogP contribution is -2.46. The highest BCUT2D eigenvalue weighted by Crippen LogP contribution is 2.22. The van der Waals surface area contributed by atoms with Gasteiger partial charge in [0.05, 0.1) is 11.5 Å². The Labute approximate surface area is 197 Å². The van der Waals surface area contributed by atoms with Gasteiger partial charge in [-0.25, -0.2) is 8.42 Å². The third-order valence-electron chi connectivity index (χ3n) is 5.25. The normalized spacial score (nSPS) is 12.7. The first-order chi connectivity index (χ1) is 15.3. The molecule has 0 aliphatic heterocycles. The maximum Gasteiger partial charge on any atom is 0.251 e. The molecule has 7 nitrogen and oxygen atoms in total. The van der Waals surface area contributed by atoms with E-state index in [0.717, 1.165) is 11.8 Å². The Bertz CT molecular complexity index is 1070. The molecule has 2 aromatic rings. The summed E-state index contributed by atoms with van der Waals surface area (Å²) < 4.78 is 28.9. The summed E-state index contributed by atoms with van der Waals surface area (Å²) in [4.78, 5) is 26.9. The maximum atomic E-state index is 12.6. The molecule has 1 unspecified atom stereocenters. The first-order valence-electron chi connectivity index (χ1n) is 10.9. The summed E-state index contributed by atoms with van der Waals surface area (Å²) in [6.45, 7) is 8.74. The molecular formula is C25H34N2O5S. The molecule has 0 heterocycles. The molecule has 0 saturated carbocycles. The van der Waals surface area contributed by atoms with Crippen LogP contribution in [0.2, 0.25) is 0 Å². The van der Waals surface area contributed by atoms with E-state index in [2.05, 4.69) is 26.1 Å². The Balaban J connectivity index is 1.81. The number of ether oxygens (including phenoxy) is 1. The van der Waals surface area contributed by atoms with E-state index in [1.165, 1.54) is 12.1 Å². The maximum absolute atomic E-state index is 12.6. The van der Waals surface area contributed by atoms with Gasteiger partial charge in [-0.1, -0.05) is 39.0 Å². The lowest BCUT2D eigenvalue weighted by atomic mass is 9.86. The highest BCUT2D eigenvalue weighted by atomic mass is 32.2. The molecule has 0 radical (unpaired) electrons. The Morgan fingerprint density at radius 1 is 1.09 bits per heavy atom. The minimum Gasteiger partial charge on any atom is -0.493 e. The topological polar surface area (TPSA) is 92.8 Å². The van der Waals surface area contributed by atoms with Crippen LogP contribution in [0.5, 0.6) is 5.75 Å². The Kier molecular flexibility index (Phi) is 8.66. The Hall–Kier alpha value is -2.87. The van der Waals surface area contributed by atoms with Crippen LogP contribution in [0.25, 0.3) is 0 Å². The fourth-order valence-electron chi connectivity index (χ4n) is 3.19. The van der Waals surface area contributed by atoms with Gasteiger partial charge in [-0.05, 0) is 54.7 Å². The number of nitrogens with one attached hydrogen (secondary N) is 1. The SMILES string of the molecule is CC(NC(=O)c1ccc(C(C)(C)C)cc1)C(=O)N(C)CCCOc1cccc(S(C)(=O)=O)c1. The number of likely N-dealkylation sites (N-methyl/N-ethyl adjacent to an activating group) is 1. The Morgan fingerprint density at radius 2 is 1.73 bits per heavy atom. The van der Waals surface area contributed by atoms with Crippen molar-refractivity contribution in [2.75, 3.05) is 26.5 Å². The molecule has 0 bridgehead atoms. The van der Waals surface area contributed by atoms with E-state index < -0.39 is 15.9 Å². The number of carbonyl (C=O) groups excluding carboxylic acids is 2. The summed E-state index contributed by atoms with van der Waals surface area (Å²) in [5.74, 6) is -0.0300. The highest BCUT2D eigenvalue weighted by molar-refractivity contribution is 7.90. The van der Waals surface area contributed by atoms with Crippen LogP contribution >= 0.6 is 0 Å². The second-order valence-corrected chi connectivity index (χ2v) is 11.2. The minimum absolute atomic E-state index is 0.00119. The zero-order valence-electron chi connectivity index (χ0n) is 20.2. The molecule has 2 amide bonds. The zero-order valence-corrected chi connectivity index (χ0v) is 21.0. The Morgan fingerprint density at radius 3 is 2.30 bits per heavy atom. The van der Waals surface area contributed by atoms with Crippen molar-refractivity contribution in [1.29, 1.82) is 0 Å². The van der Waals surface area contributed by atoms with Crippen LogP contribution in [-0.2, 0) is 20.0 Å². The van der Waals surface area contributed by atoms with E-state index in [4.69, 9.17) is 4.74 Å². The number of sulfone groups is 1. The van der Waals surface area contributed by atoms with E-state index in [-0.39, 0.29) is 22.1 Å². The fourth-order valence-corrected chi connectivity index (χ4v) is 3.85. The van der Waals surface area contributed by atoms with Gasteiger partial charge < -0.3 is 15.0 Å². The van der Waals surface area contributed by atoms with Gasteiger partial charge in [0.2, 0.25) is 5.91 Å². The number of rotatable bonds is 9. The third-order valence-corrected chi connectivity index (χ3v) is 6.36. The second kappa shape index (κ2) is 10.8. The third kappa shape index (κ3) is 7.89. The summed E-state index contributed by atoms with van der Waals surface area (Å²) in [6, 6.07) is 13.0. The monoisotopic (exact) mass is 474 g/mol. The van der Waals surface area contributed by atoms with Gasteiger partial charge >= 0.3 is 0 Å². The molecular weight excluding hydrogens is 440 g/mol. The summed E-state index contributed by atoms with van der Waals surface area (Å²) in [5, 5.41) is 2.75. The number of amides is 2. The molecule has 8 heteroatoms. The molecule has 0 spiro atoms. The number of hydrogen-bond acceptors (Lipinski definition) is 5. The van der Waals surface area contributed by atoms with Gasteiger partial charge in [-0.3, -0.25) is 9.59 Å². The van der Waals surface area contributed by atoms with Crippen molar-refractivity contribution in [1.82, 2.24) is 10.2 Å². The lowest BCUT2D eigenvalue weighted by molar-refractivity contribution is -0.131. The van der Waals surface area contributed by atoms with Crippen molar-refractivity contribution >= 4 is 21.7 Å². The summed E-state index contributed by atoms with van der Waals surface area (Å²) in [6.07, 6.45) is 1.70. The predicted octanol–water partition coefficient (Wildman–Crippen LogP) is 3.43. The zero-order chi connectivity index (χ0) is 24.8. The van der Waals surface area contributed by atoms with Crippen LogP contribution in [-0.4, -0.2) is 57.6 Å². The van der Waals surface area contributed by atoms with Gasteiger partial charge in [0.25, 0.3) is 5.91 Å². The molecule has 1 N–H and O–H groups in total. The van der Waals surface area contributed by atoms with Crippen LogP contribution < -0.4 is 10.1 Å². The molecule has 0 aromatic heterocycles. The molecule has 2 aromatic carbocycles. The van der Waals surface area contributed by atoms with Crippen LogP contribution in [0.4, 0.5) is 0 Å². The number of hydrogen-bond donors (Lipinski definition) is 1. The van der Waals surface area contributed by atoms with E-state index in [0.29, 0.717) is 30.9 Å². The molecule has 0 saturated heterocycles. The van der Waals surface area contributed by atoms with Crippen LogP contribution in [0, 0.1) is 0 Å². The first kappa shape index (κ1) is 26.4. The van der Waals surface area contributed by atoms with Gasteiger partial charge in [0.1, 0.15) is 11.8 Å². The van der Waals surface area contributed by atoms with Gasteiger partial charge in [-0.15, -0.1) is 0 Å². The predicted molar refractivity (Wildman–Crippen MR) is 129 cm³/mol. The second-order valence-electron chi connectivity index (χ2n) is 9.23. The number of carbonyl (C=O) groups is 2. The van der Waals surface area contributed by atoms with E-state index in [9.17, 15) is 18.0 Å². The van der Waals surface area contributed by atoms with Crippen LogP contribution in [0.15, 0.2) is 53.4 Å². The molecule has 0 aliphatic carbocycles. The smallest absolute Gasteiger partial charge is 0.251 e. The fraction of sp³-hybridized carbons (Fsp3) is 0.440. The van der Waals surface area contributed by atoms with Crippen molar-refractivity contribution < 1.29 is 22.7 Å². The van der Waals surface area contributed by atoms with Crippen LogP contribution in [0.1, 0.15) is 50.0 Å². The van der Waals surface area contributed by atoms with E-state index in [1.54, 1.807) is 43.1 Å². The van der Waals surface area contributed by atoms with Crippen molar-refractivity contribution in [2.24, 2.45) is 0 Å². The van der Waals surface area contributed by atoms with Gasteiger partial charge in [0.15, 0.2) is 9.84 Å². The molecule has 0 fully saturated rings. The average Bonchev–Trinajstić information content (AvgIpc) is 2.75. The van der Waals surface area contributed by atoms with E-state index in [1.807, 2.05) is 12.1 Å². The summed E-state index contributed by atoms with van der Waals surface area (Å²) in [7, 11) is -1.62. The molecule has 33 heavy (non-hydrogen) atoms. The molecule has 1 atom stereocenters. The largest absolute Gasteiger partial charge is 0.493 e. The number of nitrogens with zero attached hydrogens (tertiary/aromatic N) is 1. The highest BCUT2D eigenvalue weighted by Gasteiger charge is 2.21. The van der Waals surface area contributed by atoms with E-state index >= 15 is 0 Å². The van der Waals surface area contributed by atoms with Crippen LogP contribution in [0.3, 0.4) is 0 Å². The molecule has 0 aliphatic rings. The van der Waals surface area contributed by atoms with Crippen molar-refractivity contribution in [3.63, 3.8) is 0 Å².